The topological polar surface area (TPSA) is 36.9 Å². The van der Waals surface area contributed by atoms with Crippen LogP contribution in [0.1, 0.15) is 79.4 Å². The minimum Gasteiger partial charge on any atom is -0.534 e. The fourth-order valence-corrected chi connectivity index (χ4v) is 5.58. The zero-order valence-electron chi connectivity index (χ0n) is 21.9. The van der Waals surface area contributed by atoms with Crippen molar-refractivity contribution < 1.29 is 18.6 Å². The van der Waals surface area contributed by atoms with Gasteiger partial charge in [0.15, 0.2) is 0 Å². The molecule has 1 aliphatic carbocycles. The first-order valence-electron chi connectivity index (χ1n) is 12.5. The van der Waals surface area contributed by atoms with Crippen LogP contribution in [0.25, 0.3) is 11.1 Å². The summed E-state index contributed by atoms with van der Waals surface area (Å²) in [6.45, 7) is 21.0. The highest BCUT2D eigenvalue weighted by atomic mass is 16.7. The molecule has 4 nitrogen and oxygen atoms in total. The Bertz CT molecular complexity index is 1150. The smallest absolute Gasteiger partial charge is 0.534 e. The summed E-state index contributed by atoms with van der Waals surface area (Å²) in [5.74, 6) is 0.672. The van der Waals surface area contributed by atoms with Crippen molar-refractivity contribution in [1.82, 2.24) is 0 Å². The van der Waals surface area contributed by atoms with Crippen molar-refractivity contribution >= 4 is 25.2 Å². The molecule has 0 atom stereocenters. The minimum atomic E-state index is -0.489. The van der Waals surface area contributed by atoms with Gasteiger partial charge in [0.1, 0.15) is 5.60 Å². The first-order valence-corrected chi connectivity index (χ1v) is 12.5. The quantitative estimate of drug-likeness (QED) is 0.598. The Morgan fingerprint density at radius 3 is 1.59 bits per heavy atom. The van der Waals surface area contributed by atoms with Gasteiger partial charge in [-0.2, -0.15) is 0 Å². The van der Waals surface area contributed by atoms with Crippen molar-refractivity contribution in [2.24, 2.45) is 0 Å². The first kappa shape index (κ1) is 23.7. The molecule has 178 valence electrons. The van der Waals surface area contributed by atoms with Crippen molar-refractivity contribution in [1.29, 1.82) is 0 Å². The van der Waals surface area contributed by atoms with E-state index in [1.807, 2.05) is 13.8 Å². The molecule has 0 N–H and O–H groups in total. The first-order chi connectivity index (χ1) is 15.8. The Hall–Kier alpha value is -2.01. The molecule has 2 aliphatic heterocycles. The van der Waals surface area contributed by atoms with E-state index in [0.29, 0.717) is 5.76 Å². The molecule has 2 aromatic carbocycles. The Morgan fingerprint density at radius 1 is 0.706 bits per heavy atom. The van der Waals surface area contributed by atoms with Gasteiger partial charge in [0.25, 0.3) is 0 Å². The summed E-state index contributed by atoms with van der Waals surface area (Å²) in [5.41, 5.74) is 6.12. The van der Waals surface area contributed by atoms with Crippen LogP contribution >= 0.6 is 0 Å². The highest BCUT2D eigenvalue weighted by Crippen LogP contribution is 2.52. The van der Waals surface area contributed by atoms with Crippen molar-refractivity contribution in [2.75, 3.05) is 0 Å². The van der Waals surface area contributed by atoms with Crippen molar-refractivity contribution in [3.05, 3.63) is 59.9 Å². The molecule has 5 rings (SSSR count). The summed E-state index contributed by atoms with van der Waals surface area (Å²) in [5, 5.41) is 0. The van der Waals surface area contributed by atoms with E-state index in [4.69, 9.17) is 18.6 Å². The maximum atomic E-state index is 6.38. The number of hydrogen-bond donors (Lipinski definition) is 0. The summed E-state index contributed by atoms with van der Waals surface area (Å²) in [4.78, 5) is 0. The largest absolute Gasteiger partial charge is 0.563 e. The summed E-state index contributed by atoms with van der Waals surface area (Å²) in [7, 11) is -0.794. The van der Waals surface area contributed by atoms with Crippen molar-refractivity contribution in [3.8, 4) is 11.1 Å². The van der Waals surface area contributed by atoms with Gasteiger partial charge in [-0.3, -0.25) is 0 Å². The van der Waals surface area contributed by atoms with Gasteiger partial charge in [-0.25, -0.2) is 0 Å². The third-order valence-corrected chi connectivity index (χ3v) is 8.74. The highest BCUT2D eigenvalue weighted by molar-refractivity contribution is 6.62. The lowest BCUT2D eigenvalue weighted by Crippen LogP contribution is -2.41. The summed E-state index contributed by atoms with van der Waals surface area (Å²) >= 11 is 0. The fourth-order valence-electron chi connectivity index (χ4n) is 5.58. The molecule has 0 bridgehead atoms. The van der Waals surface area contributed by atoms with Gasteiger partial charge in [-0.1, -0.05) is 56.8 Å². The number of rotatable bonds is 4. The van der Waals surface area contributed by atoms with Crippen molar-refractivity contribution in [3.63, 3.8) is 0 Å². The van der Waals surface area contributed by atoms with E-state index in [1.54, 1.807) is 0 Å². The second-order valence-corrected chi connectivity index (χ2v) is 11.5. The molecule has 0 spiro atoms. The van der Waals surface area contributed by atoms with E-state index in [0.717, 1.165) is 23.8 Å². The van der Waals surface area contributed by atoms with Crippen LogP contribution in [-0.4, -0.2) is 31.0 Å². The molecular weight excluding hydrogens is 422 g/mol. The standard InChI is InChI=1S/C28H36B2O4/c1-10-28(11-2)23-16-19(29-31-18(3)25(4,5)32-29)12-14-21(23)22-15-13-20(17-24(22)28)30-33-26(6,7)27(8,9)34-30/h12-17H,3,10-11H2,1-2,4-9H3. The van der Waals surface area contributed by atoms with Gasteiger partial charge in [0, 0.05) is 5.41 Å². The van der Waals surface area contributed by atoms with Crippen LogP contribution < -0.4 is 10.9 Å². The SMILES string of the molecule is C=C1OB(c2ccc3c(c2)C(CC)(CC)c2cc(B4OC(C)(C)C(C)(C)O4)ccc2-3)OC1(C)C. The minimum absolute atomic E-state index is 0.0779. The fraction of sp³-hybridized carbons (Fsp3) is 0.500. The predicted octanol–water partition coefficient (Wildman–Crippen LogP) is 5.11. The average Bonchev–Trinajstić information content (AvgIpc) is 3.30. The molecule has 0 radical (unpaired) electrons. The second-order valence-electron chi connectivity index (χ2n) is 11.5. The zero-order chi connectivity index (χ0) is 24.7. The maximum absolute atomic E-state index is 6.38. The zero-order valence-corrected chi connectivity index (χ0v) is 21.9. The van der Waals surface area contributed by atoms with Gasteiger partial charge >= 0.3 is 14.2 Å². The molecule has 0 saturated carbocycles. The van der Waals surface area contributed by atoms with Gasteiger partial charge in [0.2, 0.25) is 0 Å². The Morgan fingerprint density at radius 2 is 1.18 bits per heavy atom. The summed E-state index contributed by atoms with van der Waals surface area (Å²) in [6, 6.07) is 13.4. The molecule has 3 aliphatic rings. The molecular formula is C28H36B2O4. The van der Waals surface area contributed by atoms with E-state index in [-0.39, 0.29) is 23.7 Å². The number of fused-ring (bicyclic) bond motifs is 3. The normalized spacial score (nSPS) is 23.1. The van der Waals surface area contributed by atoms with Gasteiger partial charge in [-0.05, 0) is 87.6 Å². The lowest BCUT2D eigenvalue weighted by Gasteiger charge is -2.32. The van der Waals surface area contributed by atoms with Crippen LogP contribution in [0, 0.1) is 0 Å². The molecule has 2 heterocycles. The summed E-state index contributed by atoms with van der Waals surface area (Å²) in [6.07, 6.45) is 2.01. The second kappa shape index (κ2) is 7.49. The lowest BCUT2D eigenvalue weighted by molar-refractivity contribution is 0.00578. The number of hydrogen-bond acceptors (Lipinski definition) is 4. The van der Waals surface area contributed by atoms with E-state index in [2.05, 4.69) is 84.5 Å². The van der Waals surface area contributed by atoms with E-state index < -0.39 is 12.7 Å². The van der Waals surface area contributed by atoms with Crippen LogP contribution in [0.2, 0.25) is 0 Å². The predicted molar refractivity (Wildman–Crippen MR) is 140 cm³/mol. The molecule has 0 amide bonds. The Balaban J connectivity index is 1.56. The van der Waals surface area contributed by atoms with Gasteiger partial charge in [0.05, 0.1) is 17.0 Å². The third-order valence-electron chi connectivity index (χ3n) is 8.74. The van der Waals surface area contributed by atoms with Crippen LogP contribution in [0.3, 0.4) is 0 Å². The van der Waals surface area contributed by atoms with Crippen LogP contribution in [0.5, 0.6) is 0 Å². The third kappa shape index (κ3) is 3.26. The van der Waals surface area contributed by atoms with Crippen LogP contribution in [-0.2, 0) is 24.0 Å². The maximum Gasteiger partial charge on any atom is 0.563 e. The molecule has 34 heavy (non-hydrogen) atoms. The molecule has 2 fully saturated rings. The van der Waals surface area contributed by atoms with Crippen molar-refractivity contribution in [2.45, 2.75) is 90.4 Å². The van der Waals surface area contributed by atoms with E-state index in [1.165, 1.54) is 22.3 Å². The van der Waals surface area contributed by atoms with Crippen LogP contribution in [0.15, 0.2) is 48.7 Å². The molecule has 2 aromatic rings. The van der Waals surface area contributed by atoms with E-state index in [9.17, 15) is 0 Å². The number of benzene rings is 2. The highest BCUT2D eigenvalue weighted by Gasteiger charge is 2.52. The lowest BCUT2D eigenvalue weighted by atomic mass is 9.69. The van der Waals surface area contributed by atoms with Crippen LogP contribution in [0.4, 0.5) is 0 Å². The van der Waals surface area contributed by atoms with Gasteiger partial charge in [-0.15, -0.1) is 0 Å². The van der Waals surface area contributed by atoms with Gasteiger partial charge < -0.3 is 18.6 Å². The Kier molecular flexibility index (Phi) is 5.23. The van der Waals surface area contributed by atoms with E-state index >= 15 is 0 Å². The molecule has 0 unspecified atom stereocenters. The average molecular weight is 458 g/mol. The molecule has 6 heteroatoms. The molecule has 2 saturated heterocycles. The monoisotopic (exact) mass is 458 g/mol. The summed E-state index contributed by atoms with van der Waals surface area (Å²) < 4.78 is 25.0. The Labute approximate surface area is 205 Å². The molecule has 0 aromatic heterocycles.